The van der Waals surface area contributed by atoms with Crippen LogP contribution in [0.25, 0.3) is 0 Å². The van der Waals surface area contributed by atoms with Crippen molar-refractivity contribution in [3.8, 4) is 0 Å². The lowest BCUT2D eigenvalue weighted by molar-refractivity contribution is -0.119. The summed E-state index contributed by atoms with van der Waals surface area (Å²) in [5.41, 5.74) is 0. The highest BCUT2D eigenvalue weighted by Crippen LogP contribution is 2.15. The molecular weight excluding hydrogens is 184 g/mol. The Bertz CT molecular complexity index is 137. The fourth-order valence-corrected chi connectivity index (χ4v) is 1.92. The summed E-state index contributed by atoms with van der Waals surface area (Å²) in [5, 5.41) is 8.94. The second-order valence-corrected chi connectivity index (χ2v) is 4.80. The number of carbonyl (C=O) groups excluding carboxylic acids is 1. The summed E-state index contributed by atoms with van der Waals surface area (Å²) in [4.78, 5) is 11.3. The van der Waals surface area contributed by atoms with Gasteiger partial charge in [-0.1, -0.05) is 20.3 Å². The Labute approximate surface area is 85.1 Å². The van der Waals surface area contributed by atoms with Crippen molar-refractivity contribution < 1.29 is 9.90 Å². The standard InChI is InChI=1S/C10H20O2S/c1-3-4-5-10(12)8-9(2)13-7-6-11/h9,11H,3-8H2,1-2H3. The van der Waals surface area contributed by atoms with E-state index in [0.717, 1.165) is 25.0 Å². The van der Waals surface area contributed by atoms with Crippen LogP contribution in [0.3, 0.4) is 0 Å². The molecule has 0 spiro atoms. The van der Waals surface area contributed by atoms with Gasteiger partial charge in [0.1, 0.15) is 5.78 Å². The topological polar surface area (TPSA) is 37.3 Å². The Morgan fingerprint density at radius 2 is 2.23 bits per heavy atom. The van der Waals surface area contributed by atoms with Crippen molar-refractivity contribution in [3.63, 3.8) is 0 Å². The van der Waals surface area contributed by atoms with E-state index in [0.29, 0.717) is 17.5 Å². The van der Waals surface area contributed by atoms with Crippen LogP contribution in [0, 0.1) is 0 Å². The van der Waals surface area contributed by atoms with Crippen molar-refractivity contribution >= 4 is 17.5 Å². The zero-order valence-electron chi connectivity index (χ0n) is 8.58. The molecule has 0 aromatic rings. The maximum atomic E-state index is 11.3. The van der Waals surface area contributed by atoms with E-state index >= 15 is 0 Å². The Kier molecular flexibility index (Phi) is 8.56. The maximum absolute atomic E-state index is 11.3. The van der Waals surface area contributed by atoms with Crippen LogP contribution in [0.5, 0.6) is 0 Å². The second-order valence-electron chi connectivity index (χ2n) is 3.25. The quantitative estimate of drug-likeness (QED) is 0.659. The molecule has 0 aliphatic carbocycles. The van der Waals surface area contributed by atoms with E-state index in [4.69, 9.17) is 5.11 Å². The van der Waals surface area contributed by atoms with E-state index < -0.39 is 0 Å². The fourth-order valence-electron chi connectivity index (χ4n) is 1.11. The molecule has 0 fully saturated rings. The molecule has 0 aliphatic rings. The Morgan fingerprint density at radius 1 is 1.54 bits per heavy atom. The van der Waals surface area contributed by atoms with Crippen molar-refractivity contribution in [2.45, 2.75) is 44.8 Å². The normalized spacial score (nSPS) is 12.8. The number of Topliss-reactive ketones (excluding diaryl/α,β-unsaturated/α-hetero) is 1. The zero-order chi connectivity index (χ0) is 10.1. The fraction of sp³-hybridized carbons (Fsp3) is 0.900. The molecule has 0 heterocycles. The molecule has 2 nitrogen and oxygen atoms in total. The van der Waals surface area contributed by atoms with Gasteiger partial charge < -0.3 is 5.11 Å². The molecule has 0 amide bonds. The van der Waals surface area contributed by atoms with Gasteiger partial charge in [-0.05, 0) is 6.42 Å². The van der Waals surface area contributed by atoms with Crippen molar-refractivity contribution in [1.29, 1.82) is 0 Å². The Hall–Kier alpha value is -0.0200. The van der Waals surface area contributed by atoms with E-state index in [1.807, 2.05) is 6.92 Å². The highest BCUT2D eigenvalue weighted by molar-refractivity contribution is 7.99. The van der Waals surface area contributed by atoms with Crippen molar-refractivity contribution in [3.05, 3.63) is 0 Å². The first-order chi connectivity index (χ1) is 6.20. The second kappa shape index (κ2) is 8.57. The smallest absolute Gasteiger partial charge is 0.134 e. The number of ketones is 1. The van der Waals surface area contributed by atoms with E-state index in [-0.39, 0.29) is 6.61 Å². The highest BCUT2D eigenvalue weighted by Gasteiger charge is 2.08. The van der Waals surface area contributed by atoms with Gasteiger partial charge in [0, 0.05) is 23.8 Å². The molecule has 0 saturated carbocycles. The van der Waals surface area contributed by atoms with Gasteiger partial charge in [-0.2, -0.15) is 11.8 Å². The van der Waals surface area contributed by atoms with E-state index in [1.165, 1.54) is 0 Å². The number of unbranched alkanes of at least 4 members (excludes halogenated alkanes) is 1. The van der Waals surface area contributed by atoms with Gasteiger partial charge in [-0.15, -0.1) is 0 Å². The average Bonchev–Trinajstić information content (AvgIpc) is 2.11. The third-order valence-corrected chi connectivity index (χ3v) is 2.97. The van der Waals surface area contributed by atoms with Crippen LogP contribution in [0.4, 0.5) is 0 Å². The van der Waals surface area contributed by atoms with Gasteiger partial charge in [0.25, 0.3) is 0 Å². The lowest BCUT2D eigenvalue weighted by Gasteiger charge is -2.08. The van der Waals surface area contributed by atoms with E-state index in [1.54, 1.807) is 11.8 Å². The summed E-state index contributed by atoms with van der Waals surface area (Å²) in [6, 6.07) is 0. The largest absolute Gasteiger partial charge is 0.396 e. The minimum Gasteiger partial charge on any atom is -0.396 e. The maximum Gasteiger partial charge on any atom is 0.134 e. The molecule has 0 aliphatic heterocycles. The molecule has 1 atom stereocenters. The van der Waals surface area contributed by atoms with Crippen LogP contribution >= 0.6 is 11.8 Å². The monoisotopic (exact) mass is 204 g/mol. The average molecular weight is 204 g/mol. The van der Waals surface area contributed by atoms with Crippen LogP contribution in [0.2, 0.25) is 0 Å². The Balaban J connectivity index is 3.41. The number of aliphatic hydroxyl groups is 1. The molecule has 0 aromatic heterocycles. The summed E-state index contributed by atoms with van der Waals surface area (Å²) in [6.07, 6.45) is 3.48. The molecule has 0 saturated heterocycles. The van der Waals surface area contributed by atoms with Crippen LogP contribution in [0.15, 0.2) is 0 Å². The van der Waals surface area contributed by atoms with Crippen molar-refractivity contribution in [1.82, 2.24) is 0 Å². The lowest BCUT2D eigenvalue weighted by atomic mass is 10.1. The summed E-state index contributed by atoms with van der Waals surface area (Å²) in [6.45, 7) is 4.35. The van der Waals surface area contributed by atoms with Gasteiger partial charge in [-0.3, -0.25) is 4.79 Å². The summed E-state index contributed by atoms with van der Waals surface area (Å²) >= 11 is 1.67. The van der Waals surface area contributed by atoms with Gasteiger partial charge in [-0.25, -0.2) is 0 Å². The van der Waals surface area contributed by atoms with Gasteiger partial charge >= 0.3 is 0 Å². The number of thioether (sulfide) groups is 1. The number of rotatable bonds is 8. The SMILES string of the molecule is CCCCC(=O)CC(C)SCCO. The van der Waals surface area contributed by atoms with Crippen molar-refractivity contribution in [2.24, 2.45) is 0 Å². The number of aliphatic hydroxyl groups excluding tert-OH is 1. The third kappa shape index (κ3) is 8.31. The third-order valence-electron chi connectivity index (χ3n) is 1.82. The van der Waals surface area contributed by atoms with Gasteiger partial charge in [0.05, 0.1) is 6.61 Å². The summed E-state index contributed by atoms with van der Waals surface area (Å²) < 4.78 is 0. The molecule has 1 N–H and O–H groups in total. The first-order valence-corrected chi connectivity index (χ1v) is 5.99. The number of hydrogen-bond acceptors (Lipinski definition) is 3. The van der Waals surface area contributed by atoms with E-state index in [9.17, 15) is 4.79 Å². The predicted molar refractivity (Wildman–Crippen MR) is 58.2 cm³/mol. The molecule has 0 aromatic carbocycles. The highest BCUT2D eigenvalue weighted by atomic mass is 32.2. The minimum absolute atomic E-state index is 0.207. The molecular formula is C10H20O2S. The molecule has 0 radical (unpaired) electrons. The summed E-state index contributed by atoms with van der Waals surface area (Å²) in [5.74, 6) is 1.10. The molecule has 78 valence electrons. The first-order valence-electron chi connectivity index (χ1n) is 4.94. The van der Waals surface area contributed by atoms with Crippen LogP contribution in [-0.2, 0) is 4.79 Å². The minimum atomic E-state index is 0.207. The molecule has 0 rings (SSSR count). The Morgan fingerprint density at radius 3 is 2.77 bits per heavy atom. The van der Waals surface area contributed by atoms with Gasteiger partial charge in [0.15, 0.2) is 0 Å². The van der Waals surface area contributed by atoms with Crippen LogP contribution < -0.4 is 0 Å². The number of carbonyl (C=O) groups is 1. The first kappa shape index (κ1) is 13.0. The molecule has 3 heteroatoms. The number of hydrogen-bond donors (Lipinski definition) is 1. The van der Waals surface area contributed by atoms with Crippen LogP contribution in [0.1, 0.15) is 39.5 Å². The summed E-state index contributed by atoms with van der Waals surface area (Å²) in [7, 11) is 0. The predicted octanol–water partition coefficient (Wildman–Crippen LogP) is 2.25. The zero-order valence-corrected chi connectivity index (χ0v) is 9.40. The molecule has 1 unspecified atom stereocenters. The molecule has 13 heavy (non-hydrogen) atoms. The van der Waals surface area contributed by atoms with Gasteiger partial charge in [0.2, 0.25) is 0 Å². The van der Waals surface area contributed by atoms with Crippen LogP contribution in [-0.4, -0.2) is 28.5 Å². The molecule has 0 bridgehead atoms. The lowest BCUT2D eigenvalue weighted by Crippen LogP contribution is -2.08. The van der Waals surface area contributed by atoms with E-state index in [2.05, 4.69) is 6.92 Å². The van der Waals surface area contributed by atoms with Crippen molar-refractivity contribution in [2.75, 3.05) is 12.4 Å².